The van der Waals surface area contributed by atoms with E-state index in [4.69, 9.17) is 4.74 Å². The molecule has 5 heteroatoms. The van der Waals surface area contributed by atoms with Gasteiger partial charge in [-0.15, -0.1) is 0 Å². The van der Waals surface area contributed by atoms with Crippen LogP contribution in [0.3, 0.4) is 0 Å². The maximum atomic E-state index is 5.34. The molecule has 0 unspecified atom stereocenters. The first-order valence-corrected chi connectivity index (χ1v) is 9.10. The van der Waals surface area contributed by atoms with Gasteiger partial charge in [0.05, 0.1) is 0 Å². The predicted molar refractivity (Wildman–Crippen MR) is 96.7 cm³/mol. The van der Waals surface area contributed by atoms with Gasteiger partial charge < -0.3 is 20.3 Å². The van der Waals surface area contributed by atoms with Crippen molar-refractivity contribution in [3.05, 3.63) is 0 Å². The number of nitrogens with zero attached hydrogens (tertiary/aromatic N) is 2. The second-order valence-corrected chi connectivity index (χ2v) is 5.33. The molecule has 0 bridgehead atoms. The zero-order valence-electron chi connectivity index (χ0n) is 15.3. The highest BCUT2D eigenvalue weighted by atomic mass is 16.5. The van der Waals surface area contributed by atoms with Gasteiger partial charge in [0.1, 0.15) is 0 Å². The first kappa shape index (κ1) is 21.2. The first-order valence-electron chi connectivity index (χ1n) is 9.10. The molecule has 0 aromatic heterocycles. The third-order valence-electron chi connectivity index (χ3n) is 3.60. The van der Waals surface area contributed by atoms with E-state index in [1.165, 1.54) is 13.0 Å². The van der Waals surface area contributed by atoms with Crippen LogP contribution in [0.15, 0.2) is 4.99 Å². The summed E-state index contributed by atoms with van der Waals surface area (Å²) in [6.07, 6.45) is 4.59. The molecule has 0 amide bonds. The van der Waals surface area contributed by atoms with Crippen LogP contribution in [0.2, 0.25) is 0 Å². The van der Waals surface area contributed by atoms with Crippen LogP contribution >= 0.6 is 0 Å². The Labute approximate surface area is 137 Å². The molecular formula is C17H38N4O. The number of guanidine groups is 1. The standard InChI is InChI=1S/C17H38N4O/c1-5-18-17(20-14-10-12-16-22-8-4)19-13-9-11-15-21(6-2)7-3/h5-16H2,1-4H3,(H2,18,19,20). The lowest BCUT2D eigenvalue weighted by molar-refractivity contribution is 0.143. The largest absolute Gasteiger partial charge is 0.382 e. The fourth-order valence-corrected chi connectivity index (χ4v) is 2.20. The fraction of sp³-hybridized carbons (Fsp3) is 0.941. The Morgan fingerprint density at radius 2 is 1.73 bits per heavy atom. The number of ether oxygens (including phenoxy) is 1. The Bertz CT molecular complexity index is 255. The van der Waals surface area contributed by atoms with Crippen molar-refractivity contribution < 1.29 is 4.74 Å². The van der Waals surface area contributed by atoms with Crippen LogP contribution in [0, 0.1) is 0 Å². The second-order valence-electron chi connectivity index (χ2n) is 5.33. The summed E-state index contributed by atoms with van der Waals surface area (Å²) in [6, 6.07) is 0. The summed E-state index contributed by atoms with van der Waals surface area (Å²) in [5.74, 6) is 0.946. The molecule has 22 heavy (non-hydrogen) atoms. The highest BCUT2D eigenvalue weighted by Gasteiger charge is 1.99. The molecule has 0 aliphatic carbocycles. The number of hydrogen-bond acceptors (Lipinski definition) is 3. The molecule has 132 valence electrons. The Morgan fingerprint density at radius 3 is 2.36 bits per heavy atom. The van der Waals surface area contributed by atoms with Crippen LogP contribution in [-0.2, 0) is 4.74 Å². The van der Waals surface area contributed by atoms with Gasteiger partial charge in [-0.05, 0) is 59.2 Å². The van der Waals surface area contributed by atoms with Crippen LogP contribution < -0.4 is 10.6 Å². The SMILES string of the molecule is CCNC(=NCCCCN(CC)CC)NCCCCOCC. The lowest BCUT2D eigenvalue weighted by atomic mass is 10.3. The molecule has 5 nitrogen and oxygen atoms in total. The molecule has 0 aliphatic heterocycles. The molecule has 2 N–H and O–H groups in total. The van der Waals surface area contributed by atoms with Crippen molar-refractivity contribution in [1.82, 2.24) is 15.5 Å². The maximum absolute atomic E-state index is 5.34. The average Bonchev–Trinajstić information content (AvgIpc) is 2.54. The van der Waals surface area contributed by atoms with Gasteiger partial charge in [-0.3, -0.25) is 4.99 Å². The smallest absolute Gasteiger partial charge is 0.191 e. The van der Waals surface area contributed by atoms with Gasteiger partial charge in [0.2, 0.25) is 0 Å². The van der Waals surface area contributed by atoms with E-state index >= 15 is 0 Å². The van der Waals surface area contributed by atoms with E-state index in [1.807, 2.05) is 6.92 Å². The van der Waals surface area contributed by atoms with E-state index in [0.29, 0.717) is 0 Å². The third kappa shape index (κ3) is 12.9. The molecule has 0 rings (SSSR count). The first-order chi connectivity index (χ1) is 10.8. The van der Waals surface area contributed by atoms with Gasteiger partial charge in [-0.1, -0.05) is 13.8 Å². The fourth-order valence-electron chi connectivity index (χ4n) is 2.20. The molecule has 0 saturated carbocycles. The molecule has 0 aromatic carbocycles. The van der Waals surface area contributed by atoms with Crippen molar-refractivity contribution in [3.63, 3.8) is 0 Å². The van der Waals surface area contributed by atoms with Crippen LogP contribution in [0.4, 0.5) is 0 Å². The molecule has 0 atom stereocenters. The molecule has 0 saturated heterocycles. The van der Waals surface area contributed by atoms with Crippen LogP contribution in [0.1, 0.15) is 53.4 Å². The van der Waals surface area contributed by atoms with Gasteiger partial charge in [-0.2, -0.15) is 0 Å². The van der Waals surface area contributed by atoms with E-state index in [1.54, 1.807) is 0 Å². The topological polar surface area (TPSA) is 48.9 Å². The number of unbranched alkanes of at least 4 members (excludes halogenated alkanes) is 2. The van der Waals surface area contributed by atoms with Crippen LogP contribution in [-0.4, -0.2) is 63.3 Å². The summed E-state index contributed by atoms with van der Waals surface area (Å²) < 4.78 is 5.34. The van der Waals surface area contributed by atoms with Crippen LogP contribution in [0.25, 0.3) is 0 Å². The minimum Gasteiger partial charge on any atom is -0.382 e. The average molecular weight is 315 g/mol. The summed E-state index contributed by atoms with van der Waals surface area (Å²) in [5, 5.41) is 6.70. The number of hydrogen-bond donors (Lipinski definition) is 2. The Morgan fingerprint density at radius 1 is 0.955 bits per heavy atom. The molecule has 0 aliphatic rings. The van der Waals surface area contributed by atoms with Crippen molar-refractivity contribution in [3.8, 4) is 0 Å². The summed E-state index contributed by atoms with van der Waals surface area (Å²) in [5.41, 5.74) is 0. The molecule has 0 radical (unpaired) electrons. The van der Waals surface area contributed by atoms with Crippen molar-refractivity contribution in [2.75, 3.05) is 52.5 Å². The maximum Gasteiger partial charge on any atom is 0.191 e. The highest BCUT2D eigenvalue weighted by molar-refractivity contribution is 5.79. The van der Waals surface area contributed by atoms with E-state index in [9.17, 15) is 0 Å². The van der Waals surface area contributed by atoms with Gasteiger partial charge in [0.15, 0.2) is 5.96 Å². The summed E-state index contributed by atoms with van der Waals surface area (Å²) in [6.45, 7) is 16.5. The quantitative estimate of drug-likeness (QED) is 0.294. The van der Waals surface area contributed by atoms with Gasteiger partial charge in [0, 0.05) is 32.8 Å². The lowest BCUT2D eigenvalue weighted by Gasteiger charge is -2.17. The van der Waals surface area contributed by atoms with Gasteiger partial charge in [-0.25, -0.2) is 0 Å². The molecule has 0 fully saturated rings. The van der Waals surface area contributed by atoms with Crippen molar-refractivity contribution in [2.24, 2.45) is 4.99 Å². The lowest BCUT2D eigenvalue weighted by Crippen LogP contribution is -2.38. The Hall–Kier alpha value is -0.810. The number of rotatable bonds is 14. The number of nitrogens with one attached hydrogen (secondary N) is 2. The normalized spacial score (nSPS) is 12.0. The Balaban J connectivity index is 3.76. The molecule has 0 spiro atoms. The van der Waals surface area contributed by atoms with Crippen LogP contribution in [0.5, 0.6) is 0 Å². The monoisotopic (exact) mass is 314 g/mol. The second kappa shape index (κ2) is 16.6. The summed E-state index contributed by atoms with van der Waals surface area (Å²) in [4.78, 5) is 7.10. The molecule has 0 aromatic rings. The van der Waals surface area contributed by atoms with E-state index in [2.05, 4.69) is 41.3 Å². The van der Waals surface area contributed by atoms with E-state index in [-0.39, 0.29) is 0 Å². The number of aliphatic imine (C=N–C) groups is 1. The van der Waals surface area contributed by atoms with Gasteiger partial charge in [0.25, 0.3) is 0 Å². The summed E-state index contributed by atoms with van der Waals surface area (Å²) in [7, 11) is 0. The van der Waals surface area contributed by atoms with Gasteiger partial charge >= 0.3 is 0 Å². The third-order valence-corrected chi connectivity index (χ3v) is 3.60. The minimum atomic E-state index is 0.811. The zero-order chi connectivity index (χ0) is 16.5. The van der Waals surface area contributed by atoms with Crippen molar-refractivity contribution in [2.45, 2.75) is 53.4 Å². The highest BCUT2D eigenvalue weighted by Crippen LogP contribution is 1.95. The van der Waals surface area contributed by atoms with E-state index < -0.39 is 0 Å². The molecule has 0 heterocycles. The molecular weight excluding hydrogens is 276 g/mol. The minimum absolute atomic E-state index is 0.811. The van der Waals surface area contributed by atoms with E-state index in [0.717, 1.165) is 71.2 Å². The van der Waals surface area contributed by atoms with Crippen molar-refractivity contribution >= 4 is 5.96 Å². The zero-order valence-corrected chi connectivity index (χ0v) is 15.3. The summed E-state index contributed by atoms with van der Waals surface area (Å²) >= 11 is 0. The predicted octanol–water partition coefficient (Wildman–Crippen LogP) is 2.48. The Kier molecular flexibility index (Phi) is 15.9. The van der Waals surface area contributed by atoms with Crippen molar-refractivity contribution in [1.29, 1.82) is 0 Å².